The molecule has 1 aliphatic heterocycles. The lowest BCUT2D eigenvalue weighted by Gasteiger charge is -2.37. The van der Waals surface area contributed by atoms with Gasteiger partial charge in [0.25, 0.3) is 0 Å². The third-order valence-electron chi connectivity index (χ3n) is 4.09. The van der Waals surface area contributed by atoms with E-state index < -0.39 is 6.10 Å². The molecule has 1 heterocycles. The third kappa shape index (κ3) is 6.32. The molecule has 0 spiro atoms. The van der Waals surface area contributed by atoms with E-state index in [1.54, 1.807) is 0 Å². The zero-order valence-electron chi connectivity index (χ0n) is 14.6. The maximum absolute atomic E-state index is 11.9. The minimum absolute atomic E-state index is 0.0737. The summed E-state index contributed by atoms with van der Waals surface area (Å²) in [6.45, 7) is 14.0. The van der Waals surface area contributed by atoms with Gasteiger partial charge in [0, 0.05) is 37.3 Å². The molecule has 21 heavy (non-hydrogen) atoms. The van der Waals surface area contributed by atoms with Gasteiger partial charge in [-0.25, -0.2) is 0 Å². The summed E-state index contributed by atoms with van der Waals surface area (Å²) in [6, 6.07) is 0. The van der Waals surface area contributed by atoms with Gasteiger partial charge in [0.05, 0.1) is 12.5 Å². The van der Waals surface area contributed by atoms with E-state index >= 15 is 0 Å². The van der Waals surface area contributed by atoms with Gasteiger partial charge in [-0.05, 0) is 48.1 Å². The Bertz CT molecular complexity index is 350. The van der Waals surface area contributed by atoms with Crippen LogP contribution in [0.25, 0.3) is 0 Å². The molecule has 0 aliphatic carbocycles. The summed E-state index contributed by atoms with van der Waals surface area (Å²) in [5.74, 6) is 0.0737. The maximum atomic E-state index is 11.9. The van der Waals surface area contributed by atoms with Crippen molar-refractivity contribution in [2.45, 2.75) is 64.6 Å². The number of rotatable bonds is 7. The Hall–Kier alpha value is -0.650. The number of carbonyl (C=O) groups is 1. The Morgan fingerprint density at radius 2 is 1.90 bits per heavy atom. The fraction of sp³-hybridized carbons (Fsp3) is 0.938. The summed E-state index contributed by atoms with van der Waals surface area (Å²) in [5.41, 5.74) is -0.0432. The van der Waals surface area contributed by atoms with E-state index in [4.69, 9.17) is 0 Å². The molecule has 0 aromatic rings. The number of likely N-dealkylation sites (tertiary alicyclic amines) is 1. The number of hydrogen-bond acceptors (Lipinski definition) is 4. The van der Waals surface area contributed by atoms with Crippen LogP contribution in [-0.2, 0) is 4.79 Å². The Morgan fingerprint density at radius 1 is 1.29 bits per heavy atom. The highest BCUT2D eigenvalue weighted by Gasteiger charge is 2.37. The van der Waals surface area contributed by atoms with Crippen LogP contribution in [0.4, 0.5) is 0 Å². The van der Waals surface area contributed by atoms with Gasteiger partial charge in [0.2, 0.25) is 5.91 Å². The van der Waals surface area contributed by atoms with Crippen molar-refractivity contribution in [2.75, 3.05) is 33.2 Å². The topological polar surface area (TPSA) is 55.8 Å². The predicted molar refractivity (Wildman–Crippen MR) is 86.3 cm³/mol. The van der Waals surface area contributed by atoms with Crippen molar-refractivity contribution >= 4 is 5.91 Å². The molecule has 1 saturated heterocycles. The van der Waals surface area contributed by atoms with Crippen molar-refractivity contribution in [2.24, 2.45) is 0 Å². The van der Waals surface area contributed by atoms with Crippen LogP contribution in [0.5, 0.6) is 0 Å². The summed E-state index contributed by atoms with van der Waals surface area (Å²) >= 11 is 0. The first-order valence-corrected chi connectivity index (χ1v) is 7.93. The lowest BCUT2D eigenvalue weighted by atomic mass is 9.98. The zero-order chi connectivity index (χ0) is 16.3. The molecule has 0 aromatic heterocycles. The third-order valence-corrected chi connectivity index (χ3v) is 4.09. The Morgan fingerprint density at radius 3 is 2.38 bits per heavy atom. The second-order valence-corrected chi connectivity index (χ2v) is 7.90. The van der Waals surface area contributed by atoms with E-state index in [9.17, 15) is 9.90 Å². The van der Waals surface area contributed by atoms with Crippen LogP contribution in [0.3, 0.4) is 0 Å². The molecule has 1 amide bonds. The van der Waals surface area contributed by atoms with Gasteiger partial charge in [-0.15, -0.1) is 0 Å². The van der Waals surface area contributed by atoms with Crippen molar-refractivity contribution in [1.82, 2.24) is 15.1 Å². The zero-order valence-corrected chi connectivity index (χ0v) is 14.6. The number of hydrogen-bond donors (Lipinski definition) is 2. The minimum atomic E-state index is -0.495. The number of nitrogens with one attached hydrogen (secondary N) is 1. The van der Waals surface area contributed by atoms with E-state index in [0.29, 0.717) is 6.54 Å². The highest BCUT2D eigenvalue weighted by Crippen LogP contribution is 2.25. The lowest BCUT2D eigenvalue weighted by Crippen LogP contribution is -2.47. The molecule has 2 N–H and O–H groups in total. The molecule has 5 nitrogen and oxygen atoms in total. The molecular weight excluding hydrogens is 266 g/mol. The highest BCUT2D eigenvalue weighted by atomic mass is 16.3. The molecule has 1 fully saturated rings. The molecule has 1 aliphatic rings. The van der Waals surface area contributed by atoms with Crippen molar-refractivity contribution < 1.29 is 9.90 Å². The first-order valence-electron chi connectivity index (χ1n) is 7.93. The summed E-state index contributed by atoms with van der Waals surface area (Å²) in [7, 11) is 2.11. The fourth-order valence-electron chi connectivity index (χ4n) is 2.61. The van der Waals surface area contributed by atoms with Gasteiger partial charge >= 0.3 is 0 Å². The van der Waals surface area contributed by atoms with E-state index in [-0.39, 0.29) is 23.4 Å². The summed E-state index contributed by atoms with van der Waals surface area (Å²) in [4.78, 5) is 16.0. The Kier molecular flexibility index (Phi) is 6.20. The lowest BCUT2D eigenvalue weighted by molar-refractivity contribution is -0.132. The molecule has 0 bridgehead atoms. The molecule has 0 radical (unpaired) electrons. The maximum Gasteiger partial charge on any atom is 0.225 e. The standard InChI is InChI=1S/C16H33N3O2/c1-15(2,3)17-8-10-18(6)9-7-16(4,5)19-12-13(20)11-14(19)21/h13,17,20H,7-12H2,1-6H3. The SMILES string of the molecule is CN(CCNC(C)(C)C)CCC(C)(C)N1CC(O)CC1=O. The van der Waals surface area contributed by atoms with Gasteiger partial charge in [-0.2, -0.15) is 0 Å². The number of nitrogens with zero attached hydrogens (tertiary/aromatic N) is 2. The van der Waals surface area contributed by atoms with Crippen LogP contribution in [0, 0.1) is 0 Å². The monoisotopic (exact) mass is 299 g/mol. The van der Waals surface area contributed by atoms with Crippen molar-refractivity contribution in [3.63, 3.8) is 0 Å². The number of aliphatic hydroxyl groups excluding tert-OH is 1. The van der Waals surface area contributed by atoms with E-state index in [1.165, 1.54) is 0 Å². The number of carbonyl (C=O) groups excluding carboxylic acids is 1. The number of likely N-dealkylation sites (N-methyl/N-ethyl adjacent to an activating group) is 1. The average Bonchev–Trinajstić information content (AvgIpc) is 2.65. The highest BCUT2D eigenvalue weighted by molar-refractivity contribution is 5.79. The smallest absolute Gasteiger partial charge is 0.225 e. The fourth-order valence-corrected chi connectivity index (χ4v) is 2.61. The normalized spacial score (nSPS) is 20.7. The molecule has 0 aromatic carbocycles. The van der Waals surface area contributed by atoms with Crippen LogP contribution in [0.15, 0.2) is 0 Å². The van der Waals surface area contributed by atoms with Crippen molar-refractivity contribution in [3.8, 4) is 0 Å². The molecule has 1 rings (SSSR count). The number of amides is 1. The number of aliphatic hydroxyl groups is 1. The Labute approximate surface area is 129 Å². The van der Waals surface area contributed by atoms with Crippen molar-refractivity contribution in [1.29, 1.82) is 0 Å². The summed E-state index contributed by atoms with van der Waals surface area (Å²) in [5, 5.41) is 13.1. The average molecular weight is 299 g/mol. The summed E-state index contributed by atoms with van der Waals surface area (Å²) in [6.07, 6.45) is 0.692. The minimum Gasteiger partial charge on any atom is -0.391 e. The van der Waals surface area contributed by atoms with Gasteiger partial charge in [0.15, 0.2) is 0 Å². The molecule has 0 saturated carbocycles. The van der Waals surface area contributed by atoms with Crippen molar-refractivity contribution in [3.05, 3.63) is 0 Å². The van der Waals surface area contributed by atoms with Crippen LogP contribution in [-0.4, -0.2) is 71.2 Å². The van der Waals surface area contributed by atoms with E-state index in [1.807, 2.05) is 4.90 Å². The van der Waals surface area contributed by atoms with Gasteiger partial charge in [0.1, 0.15) is 0 Å². The van der Waals surface area contributed by atoms with E-state index in [2.05, 4.69) is 51.9 Å². The molecule has 124 valence electrons. The van der Waals surface area contributed by atoms with Crippen LogP contribution in [0.2, 0.25) is 0 Å². The number of β-amino-alcohol motifs (C(OH)–C–C–N with tert-alkyl or cyclic N) is 1. The van der Waals surface area contributed by atoms with Crippen LogP contribution >= 0.6 is 0 Å². The van der Waals surface area contributed by atoms with Gasteiger partial charge in [-0.3, -0.25) is 4.79 Å². The first-order chi connectivity index (χ1) is 9.51. The van der Waals surface area contributed by atoms with Gasteiger partial charge < -0.3 is 20.2 Å². The quantitative estimate of drug-likeness (QED) is 0.738. The van der Waals surface area contributed by atoms with E-state index in [0.717, 1.165) is 26.1 Å². The van der Waals surface area contributed by atoms with Crippen LogP contribution < -0.4 is 5.32 Å². The second kappa shape index (κ2) is 7.07. The Balaban J connectivity index is 2.34. The van der Waals surface area contributed by atoms with Crippen LogP contribution in [0.1, 0.15) is 47.5 Å². The van der Waals surface area contributed by atoms with Gasteiger partial charge in [-0.1, -0.05) is 0 Å². The molecule has 5 heteroatoms. The molecular formula is C16H33N3O2. The molecule has 1 atom stereocenters. The second-order valence-electron chi connectivity index (χ2n) is 7.90. The molecule has 1 unspecified atom stereocenters. The largest absolute Gasteiger partial charge is 0.391 e. The summed E-state index contributed by atoms with van der Waals surface area (Å²) < 4.78 is 0. The predicted octanol–water partition coefficient (Wildman–Crippen LogP) is 1.07. The first kappa shape index (κ1) is 18.4.